The van der Waals surface area contributed by atoms with Crippen molar-refractivity contribution in [3.63, 3.8) is 0 Å². The third-order valence-corrected chi connectivity index (χ3v) is 4.44. The minimum absolute atomic E-state index is 0.0848. The van der Waals surface area contributed by atoms with Crippen molar-refractivity contribution in [2.45, 2.75) is 44.7 Å². The average molecular weight is 248 g/mol. The molecule has 2 atom stereocenters. The zero-order chi connectivity index (χ0) is 12.5. The van der Waals surface area contributed by atoms with Crippen LogP contribution in [0.3, 0.4) is 0 Å². The Bertz CT molecular complexity index is 431. The Morgan fingerprint density at radius 1 is 1.28 bits per heavy atom. The molecule has 3 heteroatoms. The lowest BCUT2D eigenvalue weighted by Gasteiger charge is -2.46. The summed E-state index contributed by atoms with van der Waals surface area (Å²) in [4.78, 5) is 2.43. The molecule has 0 radical (unpaired) electrons. The Hall–Kier alpha value is -1.09. The summed E-state index contributed by atoms with van der Waals surface area (Å²) in [7, 11) is 0. The first-order valence-electron chi connectivity index (χ1n) is 7.02. The monoisotopic (exact) mass is 248 g/mol. The van der Waals surface area contributed by atoms with Gasteiger partial charge in [-0.05, 0) is 31.9 Å². The van der Waals surface area contributed by atoms with Gasteiger partial charge in [-0.2, -0.15) is 0 Å². The van der Waals surface area contributed by atoms with Crippen molar-refractivity contribution in [1.82, 2.24) is 5.32 Å². The average Bonchev–Trinajstić information content (AvgIpc) is 2.41. The predicted octanol–water partition coefficient (Wildman–Crippen LogP) is 2.85. The van der Waals surface area contributed by atoms with Gasteiger partial charge in [-0.25, -0.2) is 4.39 Å². The van der Waals surface area contributed by atoms with Crippen molar-refractivity contribution < 1.29 is 4.39 Å². The summed E-state index contributed by atoms with van der Waals surface area (Å²) in [5.41, 5.74) is 1.89. The van der Waals surface area contributed by atoms with Crippen LogP contribution in [0.4, 0.5) is 10.1 Å². The van der Waals surface area contributed by atoms with Crippen molar-refractivity contribution in [2.24, 2.45) is 0 Å². The maximum absolute atomic E-state index is 13.7. The Labute approximate surface area is 108 Å². The number of nitrogens with zero attached hydrogens (tertiary/aromatic N) is 1. The van der Waals surface area contributed by atoms with E-state index in [0.29, 0.717) is 12.1 Å². The zero-order valence-corrected chi connectivity index (χ0v) is 11.0. The van der Waals surface area contributed by atoms with Gasteiger partial charge in [0.05, 0.1) is 0 Å². The fourth-order valence-electron chi connectivity index (χ4n) is 3.47. The number of hydrogen-bond donors (Lipinski definition) is 1. The molecule has 2 aliphatic rings. The minimum Gasteiger partial charge on any atom is -0.365 e. The third kappa shape index (κ3) is 2.01. The Morgan fingerprint density at radius 3 is 3.00 bits per heavy atom. The fraction of sp³-hybridized carbons (Fsp3) is 0.600. The molecule has 0 amide bonds. The summed E-state index contributed by atoms with van der Waals surface area (Å²) in [5, 5.41) is 3.62. The largest absolute Gasteiger partial charge is 0.365 e. The van der Waals surface area contributed by atoms with Crippen LogP contribution in [0.2, 0.25) is 0 Å². The van der Waals surface area contributed by atoms with Gasteiger partial charge in [-0.1, -0.05) is 18.9 Å². The van der Waals surface area contributed by atoms with Gasteiger partial charge in [0.2, 0.25) is 0 Å². The molecule has 1 aliphatic carbocycles. The van der Waals surface area contributed by atoms with E-state index >= 15 is 0 Å². The Kier molecular flexibility index (Phi) is 3.25. The summed E-state index contributed by atoms with van der Waals surface area (Å²) in [6.07, 6.45) is 5.11. The highest BCUT2D eigenvalue weighted by molar-refractivity contribution is 5.55. The molecule has 2 nitrogen and oxygen atoms in total. The molecule has 1 saturated heterocycles. The number of nitrogens with one attached hydrogen (secondary N) is 1. The van der Waals surface area contributed by atoms with Gasteiger partial charge in [0.1, 0.15) is 5.82 Å². The standard InChI is InChI=1S/C15H21FN2/c1-11-12(16)5-4-8-14(11)18-10-9-17-13-6-2-3-7-15(13)18/h4-5,8,13,15,17H,2-3,6-7,9-10H2,1H3/t13-,15-/m1/s1. The van der Waals surface area contributed by atoms with E-state index in [-0.39, 0.29) is 5.82 Å². The summed E-state index contributed by atoms with van der Waals surface area (Å²) in [6, 6.07) is 6.59. The predicted molar refractivity (Wildman–Crippen MR) is 72.5 cm³/mol. The summed E-state index contributed by atoms with van der Waals surface area (Å²) >= 11 is 0. The second kappa shape index (κ2) is 4.88. The summed E-state index contributed by atoms with van der Waals surface area (Å²) < 4.78 is 13.7. The summed E-state index contributed by atoms with van der Waals surface area (Å²) in [6.45, 7) is 3.90. The number of halogens is 1. The first kappa shape index (κ1) is 12.0. The normalized spacial score (nSPS) is 28.0. The quantitative estimate of drug-likeness (QED) is 0.822. The Balaban J connectivity index is 1.92. The smallest absolute Gasteiger partial charge is 0.128 e. The second-order valence-corrected chi connectivity index (χ2v) is 5.49. The first-order valence-corrected chi connectivity index (χ1v) is 7.02. The fourth-order valence-corrected chi connectivity index (χ4v) is 3.47. The lowest BCUT2D eigenvalue weighted by Crippen LogP contribution is -2.59. The van der Waals surface area contributed by atoms with Gasteiger partial charge in [0, 0.05) is 36.4 Å². The molecule has 0 unspecified atom stereocenters. The van der Waals surface area contributed by atoms with E-state index < -0.39 is 0 Å². The van der Waals surface area contributed by atoms with Gasteiger partial charge >= 0.3 is 0 Å². The van der Waals surface area contributed by atoms with Crippen molar-refractivity contribution in [3.05, 3.63) is 29.6 Å². The first-order chi connectivity index (χ1) is 8.77. The number of hydrogen-bond acceptors (Lipinski definition) is 2. The number of piperazine rings is 1. The van der Waals surface area contributed by atoms with Crippen molar-refractivity contribution in [3.8, 4) is 0 Å². The molecule has 3 rings (SSSR count). The van der Waals surface area contributed by atoms with Crippen LogP contribution in [0.15, 0.2) is 18.2 Å². The zero-order valence-electron chi connectivity index (χ0n) is 11.0. The van der Waals surface area contributed by atoms with Crippen molar-refractivity contribution >= 4 is 5.69 Å². The van der Waals surface area contributed by atoms with Crippen LogP contribution in [-0.4, -0.2) is 25.2 Å². The van der Waals surface area contributed by atoms with Crippen molar-refractivity contribution in [2.75, 3.05) is 18.0 Å². The maximum atomic E-state index is 13.7. The third-order valence-electron chi connectivity index (χ3n) is 4.44. The molecule has 18 heavy (non-hydrogen) atoms. The molecular weight excluding hydrogens is 227 g/mol. The van der Waals surface area contributed by atoms with Gasteiger partial charge in [0.15, 0.2) is 0 Å². The highest BCUT2D eigenvalue weighted by Crippen LogP contribution is 2.32. The van der Waals surface area contributed by atoms with E-state index in [2.05, 4.69) is 16.3 Å². The van der Waals surface area contributed by atoms with Crippen LogP contribution < -0.4 is 10.2 Å². The minimum atomic E-state index is -0.0848. The van der Waals surface area contributed by atoms with Crippen molar-refractivity contribution in [1.29, 1.82) is 0 Å². The van der Waals surface area contributed by atoms with Gasteiger partial charge < -0.3 is 10.2 Å². The summed E-state index contributed by atoms with van der Waals surface area (Å²) in [5.74, 6) is -0.0848. The molecule has 0 aromatic heterocycles. The molecular formula is C15H21FN2. The van der Waals surface area contributed by atoms with Crippen LogP contribution in [0.25, 0.3) is 0 Å². The molecule has 0 bridgehead atoms. The van der Waals surface area contributed by atoms with Gasteiger partial charge in [-0.3, -0.25) is 0 Å². The lowest BCUT2D eigenvalue weighted by atomic mass is 9.87. The van der Waals surface area contributed by atoms with Crippen LogP contribution in [0, 0.1) is 12.7 Å². The molecule has 0 spiro atoms. The molecule has 1 aromatic carbocycles. The number of anilines is 1. The highest BCUT2D eigenvalue weighted by atomic mass is 19.1. The van der Waals surface area contributed by atoms with Crippen LogP contribution >= 0.6 is 0 Å². The van der Waals surface area contributed by atoms with E-state index in [0.717, 1.165) is 24.3 Å². The second-order valence-electron chi connectivity index (χ2n) is 5.49. The number of benzene rings is 1. The lowest BCUT2D eigenvalue weighted by molar-refractivity contribution is 0.284. The van der Waals surface area contributed by atoms with E-state index in [1.807, 2.05) is 13.0 Å². The molecule has 98 valence electrons. The van der Waals surface area contributed by atoms with Crippen LogP contribution in [0.5, 0.6) is 0 Å². The van der Waals surface area contributed by atoms with Crippen LogP contribution in [0.1, 0.15) is 31.2 Å². The molecule has 1 heterocycles. The highest BCUT2D eigenvalue weighted by Gasteiger charge is 2.33. The van der Waals surface area contributed by atoms with Gasteiger partial charge in [0.25, 0.3) is 0 Å². The number of rotatable bonds is 1. The maximum Gasteiger partial charge on any atom is 0.128 e. The van der Waals surface area contributed by atoms with E-state index in [4.69, 9.17) is 0 Å². The molecule has 2 fully saturated rings. The SMILES string of the molecule is Cc1c(F)cccc1N1CCN[C@@H]2CCCC[C@H]21. The Morgan fingerprint density at radius 2 is 2.11 bits per heavy atom. The van der Waals surface area contributed by atoms with E-state index in [9.17, 15) is 4.39 Å². The number of fused-ring (bicyclic) bond motifs is 1. The topological polar surface area (TPSA) is 15.3 Å². The molecule has 1 N–H and O–H groups in total. The van der Waals surface area contributed by atoms with Gasteiger partial charge in [-0.15, -0.1) is 0 Å². The van der Waals surface area contributed by atoms with Crippen LogP contribution in [-0.2, 0) is 0 Å². The molecule has 1 aromatic rings. The molecule has 1 aliphatic heterocycles. The molecule has 1 saturated carbocycles. The van der Waals surface area contributed by atoms with E-state index in [1.165, 1.54) is 25.7 Å². The van der Waals surface area contributed by atoms with E-state index in [1.54, 1.807) is 6.07 Å².